The van der Waals surface area contributed by atoms with Crippen LogP contribution in [0.2, 0.25) is 0 Å². The minimum Gasteiger partial charge on any atom is -0.452 e. The molecule has 0 radical (unpaired) electrons. The van der Waals surface area contributed by atoms with Crippen molar-refractivity contribution in [1.82, 2.24) is 4.98 Å². The molecule has 55 heavy (non-hydrogen) atoms. The van der Waals surface area contributed by atoms with Crippen LogP contribution >= 0.6 is 0 Å². The van der Waals surface area contributed by atoms with Crippen molar-refractivity contribution in [2.75, 3.05) is 4.90 Å². The first kappa shape index (κ1) is 31.3. The zero-order valence-corrected chi connectivity index (χ0v) is 29.9. The number of fused-ring (bicyclic) bond motifs is 8. The van der Waals surface area contributed by atoms with Gasteiger partial charge in [-0.3, -0.25) is 4.98 Å². The summed E-state index contributed by atoms with van der Waals surface area (Å²) in [5.74, 6) is 0. The van der Waals surface area contributed by atoms with E-state index >= 15 is 0 Å². The fraction of sp³-hybridized carbons (Fsp3) is 0.0192. The number of aromatic nitrogens is 1. The Hall–Kier alpha value is -7.23. The highest BCUT2D eigenvalue weighted by Crippen LogP contribution is 2.57. The quantitative estimate of drug-likeness (QED) is 0.173. The molecule has 3 heteroatoms. The molecule has 0 spiro atoms. The van der Waals surface area contributed by atoms with Crippen LogP contribution in [0, 0.1) is 0 Å². The first-order valence-electron chi connectivity index (χ1n) is 18.8. The molecule has 0 atom stereocenters. The van der Waals surface area contributed by atoms with Gasteiger partial charge in [-0.2, -0.15) is 0 Å². The predicted molar refractivity (Wildman–Crippen MR) is 226 cm³/mol. The van der Waals surface area contributed by atoms with Crippen molar-refractivity contribution < 1.29 is 4.42 Å². The Balaban J connectivity index is 1.24. The van der Waals surface area contributed by atoms with Crippen molar-refractivity contribution >= 4 is 49.9 Å². The van der Waals surface area contributed by atoms with E-state index in [2.05, 4.69) is 199 Å². The molecule has 2 aromatic heterocycles. The molecule has 0 unspecified atom stereocenters. The standard InChI is InChI=1S/C52H34N2O/c1-4-16-35(17-5-1)40-23-11-13-27-47(40)54(48-28-14-25-43-44-31-29-36-18-15-33-53-49(36)51(44)55-50(43)48)39-30-32-42-41-24-10-12-26-45(41)52(46(42)34-39,37-19-6-2-7-20-37)38-21-8-3-9-22-38/h1-34H. The molecule has 0 saturated heterocycles. The largest absolute Gasteiger partial charge is 0.452 e. The van der Waals surface area contributed by atoms with Gasteiger partial charge >= 0.3 is 0 Å². The maximum atomic E-state index is 6.99. The smallest absolute Gasteiger partial charge is 0.161 e. The van der Waals surface area contributed by atoms with E-state index < -0.39 is 5.41 Å². The third-order valence-corrected chi connectivity index (χ3v) is 11.4. The molecule has 3 nitrogen and oxygen atoms in total. The summed E-state index contributed by atoms with van der Waals surface area (Å²) < 4.78 is 6.99. The predicted octanol–water partition coefficient (Wildman–Crippen LogP) is 13.6. The minimum absolute atomic E-state index is 0.537. The Labute approximate surface area is 319 Å². The highest BCUT2D eigenvalue weighted by molar-refractivity contribution is 6.16. The normalized spacial score (nSPS) is 12.9. The van der Waals surface area contributed by atoms with Crippen molar-refractivity contribution in [2.45, 2.75) is 5.41 Å². The lowest BCUT2D eigenvalue weighted by Crippen LogP contribution is -2.28. The number of para-hydroxylation sites is 2. The first-order valence-corrected chi connectivity index (χ1v) is 18.8. The average molecular weight is 703 g/mol. The van der Waals surface area contributed by atoms with Gasteiger partial charge in [-0.05, 0) is 75.3 Å². The van der Waals surface area contributed by atoms with Gasteiger partial charge < -0.3 is 9.32 Å². The lowest BCUT2D eigenvalue weighted by molar-refractivity contribution is 0.672. The van der Waals surface area contributed by atoms with Crippen LogP contribution in [-0.4, -0.2) is 4.98 Å². The summed E-state index contributed by atoms with van der Waals surface area (Å²) in [6, 6.07) is 72.1. The Morgan fingerprint density at radius 1 is 0.436 bits per heavy atom. The van der Waals surface area contributed by atoms with E-state index in [1.54, 1.807) is 0 Å². The monoisotopic (exact) mass is 702 g/mol. The van der Waals surface area contributed by atoms with E-state index in [1.807, 2.05) is 12.3 Å². The number of hydrogen-bond donors (Lipinski definition) is 0. The molecule has 11 rings (SSSR count). The molecule has 1 aliphatic rings. The van der Waals surface area contributed by atoms with Crippen LogP contribution in [0.5, 0.6) is 0 Å². The number of anilines is 3. The van der Waals surface area contributed by atoms with Crippen molar-refractivity contribution in [3.63, 3.8) is 0 Å². The van der Waals surface area contributed by atoms with E-state index in [1.165, 1.54) is 33.4 Å². The fourth-order valence-electron chi connectivity index (χ4n) is 9.07. The fourth-order valence-corrected chi connectivity index (χ4v) is 9.07. The lowest BCUT2D eigenvalue weighted by atomic mass is 9.67. The molecule has 1 aliphatic carbocycles. The number of benzene rings is 8. The average Bonchev–Trinajstić information content (AvgIpc) is 3.80. The third kappa shape index (κ3) is 4.66. The van der Waals surface area contributed by atoms with Gasteiger partial charge in [0.05, 0.1) is 16.8 Å². The topological polar surface area (TPSA) is 29.3 Å². The van der Waals surface area contributed by atoms with E-state index in [4.69, 9.17) is 9.40 Å². The Morgan fingerprint density at radius 2 is 1.07 bits per heavy atom. The van der Waals surface area contributed by atoms with Crippen LogP contribution in [-0.2, 0) is 5.41 Å². The highest BCUT2D eigenvalue weighted by atomic mass is 16.3. The van der Waals surface area contributed by atoms with Gasteiger partial charge in [0.1, 0.15) is 5.52 Å². The zero-order chi connectivity index (χ0) is 36.3. The van der Waals surface area contributed by atoms with Crippen LogP contribution in [0.1, 0.15) is 22.3 Å². The van der Waals surface area contributed by atoms with Crippen LogP contribution in [0.25, 0.3) is 55.1 Å². The van der Waals surface area contributed by atoms with Gasteiger partial charge in [-0.15, -0.1) is 0 Å². The molecule has 0 N–H and O–H groups in total. The maximum Gasteiger partial charge on any atom is 0.161 e. The molecular weight excluding hydrogens is 669 g/mol. The summed E-state index contributed by atoms with van der Waals surface area (Å²) in [4.78, 5) is 7.17. The maximum absolute atomic E-state index is 6.99. The summed E-state index contributed by atoms with van der Waals surface area (Å²) >= 11 is 0. The van der Waals surface area contributed by atoms with Gasteiger partial charge in [-0.1, -0.05) is 164 Å². The van der Waals surface area contributed by atoms with E-state index in [-0.39, 0.29) is 0 Å². The molecule has 0 amide bonds. The van der Waals surface area contributed by atoms with Crippen molar-refractivity contribution in [1.29, 1.82) is 0 Å². The van der Waals surface area contributed by atoms with Crippen LogP contribution in [0.4, 0.5) is 17.1 Å². The molecule has 0 saturated carbocycles. The van der Waals surface area contributed by atoms with Crippen LogP contribution in [0.3, 0.4) is 0 Å². The summed E-state index contributed by atoms with van der Waals surface area (Å²) in [6.07, 6.45) is 1.84. The Kier molecular flexibility index (Phi) is 7.08. The first-order chi connectivity index (χ1) is 27.3. The molecule has 8 aromatic carbocycles. The third-order valence-electron chi connectivity index (χ3n) is 11.4. The number of furan rings is 1. The zero-order valence-electron chi connectivity index (χ0n) is 29.9. The number of hydrogen-bond acceptors (Lipinski definition) is 3. The SMILES string of the molecule is c1ccc(-c2ccccc2N(c2ccc3c(c2)C(c2ccccc2)(c2ccccc2)c2ccccc2-3)c2cccc3c2oc2c3ccc3cccnc32)cc1. The molecule has 10 aromatic rings. The minimum atomic E-state index is -0.537. The molecular formula is C52H34N2O. The van der Waals surface area contributed by atoms with E-state index in [0.717, 1.165) is 61.0 Å². The van der Waals surface area contributed by atoms with E-state index in [0.29, 0.717) is 0 Å². The second-order valence-corrected chi connectivity index (χ2v) is 14.2. The Bertz CT molecular complexity index is 3000. The second-order valence-electron chi connectivity index (χ2n) is 14.2. The molecule has 0 fully saturated rings. The molecule has 258 valence electrons. The second kappa shape index (κ2) is 12.4. The number of nitrogens with zero attached hydrogens (tertiary/aromatic N) is 2. The summed E-state index contributed by atoms with van der Waals surface area (Å²) in [5.41, 5.74) is 14.8. The summed E-state index contributed by atoms with van der Waals surface area (Å²) in [5, 5.41) is 3.16. The van der Waals surface area contributed by atoms with Gasteiger partial charge in [0, 0.05) is 33.6 Å². The number of pyridine rings is 1. The summed E-state index contributed by atoms with van der Waals surface area (Å²) in [6.45, 7) is 0. The number of rotatable bonds is 6. The van der Waals surface area contributed by atoms with Crippen molar-refractivity contribution in [2.24, 2.45) is 0 Å². The van der Waals surface area contributed by atoms with Crippen LogP contribution < -0.4 is 4.90 Å². The molecule has 0 bridgehead atoms. The lowest BCUT2D eigenvalue weighted by Gasteiger charge is -2.35. The Morgan fingerprint density at radius 3 is 1.85 bits per heavy atom. The van der Waals surface area contributed by atoms with Crippen LogP contribution in [0.15, 0.2) is 211 Å². The van der Waals surface area contributed by atoms with Crippen molar-refractivity contribution in [3.05, 3.63) is 229 Å². The molecule has 0 aliphatic heterocycles. The van der Waals surface area contributed by atoms with Gasteiger partial charge in [0.25, 0.3) is 0 Å². The van der Waals surface area contributed by atoms with Gasteiger partial charge in [-0.25, -0.2) is 0 Å². The summed E-state index contributed by atoms with van der Waals surface area (Å²) in [7, 11) is 0. The van der Waals surface area contributed by atoms with E-state index in [9.17, 15) is 0 Å². The highest BCUT2D eigenvalue weighted by Gasteiger charge is 2.46. The van der Waals surface area contributed by atoms with Gasteiger partial charge in [0.2, 0.25) is 0 Å². The van der Waals surface area contributed by atoms with Crippen molar-refractivity contribution in [3.8, 4) is 22.3 Å². The molecule has 2 heterocycles. The van der Waals surface area contributed by atoms with Gasteiger partial charge in [0.15, 0.2) is 11.2 Å².